The second kappa shape index (κ2) is 9.85. The van der Waals surface area contributed by atoms with Gasteiger partial charge >= 0.3 is 5.97 Å². The maximum Gasteiger partial charge on any atom is 0.307 e. The Balaban J connectivity index is 1.65. The molecule has 0 spiro atoms. The van der Waals surface area contributed by atoms with Crippen molar-refractivity contribution >= 4 is 5.97 Å². The molecule has 0 radical (unpaired) electrons. The lowest BCUT2D eigenvalue weighted by molar-refractivity contribution is -0.136. The van der Waals surface area contributed by atoms with Crippen LogP contribution in [0.25, 0.3) is 11.1 Å². The Morgan fingerprint density at radius 2 is 1.88 bits per heavy atom. The highest BCUT2D eigenvalue weighted by Gasteiger charge is 2.38. The van der Waals surface area contributed by atoms with Gasteiger partial charge in [-0.25, -0.2) is 4.39 Å². The van der Waals surface area contributed by atoms with Crippen LogP contribution < -0.4 is 15.2 Å². The van der Waals surface area contributed by atoms with Crippen molar-refractivity contribution in [2.45, 2.75) is 45.8 Å². The molecule has 1 atom stereocenters. The Hall–Kier alpha value is -3.38. The lowest BCUT2D eigenvalue weighted by Gasteiger charge is -2.17. The normalized spacial score (nSPS) is 14.9. The van der Waals surface area contributed by atoms with E-state index in [-0.39, 0.29) is 24.3 Å². The van der Waals surface area contributed by atoms with Gasteiger partial charge in [0.25, 0.3) is 0 Å². The number of halogens is 1. The van der Waals surface area contributed by atoms with E-state index in [4.69, 9.17) is 15.2 Å². The molecule has 1 aliphatic carbocycles. The number of hydrogen-bond donors (Lipinski definition) is 2. The Labute approximate surface area is 199 Å². The molecule has 4 rings (SSSR count). The number of ether oxygens (including phenoxy) is 2. The molecule has 6 heteroatoms. The molecular formula is C28H30FNO4. The van der Waals surface area contributed by atoms with Crippen molar-refractivity contribution in [2.24, 2.45) is 11.1 Å². The number of rotatable bonds is 10. The third-order valence-corrected chi connectivity index (χ3v) is 6.20. The minimum Gasteiger partial charge on any atom is -0.493 e. The summed E-state index contributed by atoms with van der Waals surface area (Å²) >= 11 is 0. The van der Waals surface area contributed by atoms with Gasteiger partial charge in [-0.3, -0.25) is 4.79 Å². The minimum absolute atomic E-state index is 0.127. The van der Waals surface area contributed by atoms with Crippen LogP contribution >= 0.6 is 0 Å². The molecule has 1 unspecified atom stereocenters. The number of carboxylic acids is 1. The molecule has 1 aliphatic rings. The molecule has 5 nitrogen and oxygen atoms in total. The molecule has 3 N–H and O–H groups in total. The summed E-state index contributed by atoms with van der Waals surface area (Å²) in [6.07, 6.45) is 2.14. The molecule has 0 saturated heterocycles. The third kappa shape index (κ3) is 5.75. The predicted molar refractivity (Wildman–Crippen MR) is 129 cm³/mol. The number of hydrogen-bond acceptors (Lipinski definition) is 4. The molecule has 3 aromatic carbocycles. The molecule has 0 bridgehead atoms. The Morgan fingerprint density at radius 3 is 2.59 bits per heavy atom. The smallest absolute Gasteiger partial charge is 0.307 e. The number of carboxylic acid groups (broad SMARTS) is 1. The fourth-order valence-corrected chi connectivity index (χ4v) is 3.84. The van der Waals surface area contributed by atoms with E-state index in [0.717, 1.165) is 18.4 Å². The highest BCUT2D eigenvalue weighted by Crippen LogP contribution is 2.45. The number of carbonyl (C=O) groups is 1. The summed E-state index contributed by atoms with van der Waals surface area (Å²) in [6.45, 7) is 4.73. The quantitative estimate of drug-likeness (QED) is 0.391. The fraction of sp³-hybridized carbons (Fsp3) is 0.321. The number of aliphatic carboxylic acids is 1. The maximum absolute atomic E-state index is 15.3. The average molecular weight is 464 g/mol. The molecule has 0 aromatic heterocycles. The van der Waals surface area contributed by atoms with Gasteiger partial charge in [0.2, 0.25) is 0 Å². The summed E-state index contributed by atoms with van der Waals surface area (Å²) in [5, 5.41) is 9.18. The molecule has 1 fully saturated rings. The molecular weight excluding hydrogens is 433 g/mol. The van der Waals surface area contributed by atoms with E-state index >= 15 is 4.39 Å². The lowest BCUT2D eigenvalue weighted by Crippen LogP contribution is -2.10. The van der Waals surface area contributed by atoms with E-state index in [1.807, 2.05) is 18.2 Å². The van der Waals surface area contributed by atoms with Crippen LogP contribution in [0.2, 0.25) is 0 Å². The first-order chi connectivity index (χ1) is 16.2. The van der Waals surface area contributed by atoms with Crippen LogP contribution in [0.3, 0.4) is 0 Å². The SMILES string of the molecule is CC(N)c1cccc(-c2cc(COc3ccccc3CC(=O)O)cc(OCC3(C)CC3)c2)c1F. The van der Waals surface area contributed by atoms with Crippen molar-refractivity contribution < 1.29 is 23.8 Å². The van der Waals surface area contributed by atoms with Crippen LogP contribution in [0, 0.1) is 11.2 Å². The van der Waals surface area contributed by atoms with Crippen LogP contribution in [0.4, 0.5) is 4.39 Å². The maximum atomic E-state index is 15.3. The van der Waals surface area contributed by atoms with E-state index in [0.29, 0.717) is 40.4 Å². The Kier molecular flexibility index (Phi) is 6.89. The van der Waals surface area contributed by atoms with E-state index in [1.54, 1.807) is 49.4 Å². The van der Waals surface area contributed by atoms with Gasteiger partial charge in [0.05, 0.1) is 13.0 Å². The van der Waals surface area contributed by atoms with E-state index < -0.39 is 12.0 Å². The number of para-hydroxylation sites is 1. The summed E-state index contributed by atoms with van der Waals surface area (Å²) in [5.41, 5.74) is 9.13. The highest BCUT2D eigenvalue weighted by atomic mass is 19.1. The molecule has 34 heavy (non-hydrogen) atoms. The number of nitrogens with two attached hydrogens (primary N) is 1. The molecule has 0 aliphatic heterocycles. The summed E-state index contributed by atoms with van der Waals surface area (Å²) in [6, 6.07) is 17.5. The van der Waals surface area contributed by atoms with Crippen molar-refractivity contribution in [1.29, 1.82) is 0 Å². The second-order valence-corrected chi connectivity index (χ2v) is 9.43. The summed E-state index contributed by atoms with van der Waals surface area (Å²) in [7, 11) is 0. The average Bonchev–Trinajstić information content (AvgIpc) is 3.54. The van der Waals surface area contributed by atoms with Gasteiger partial charge in [0.15, 0.2) is 0 Å². The van der Waals surface area contributed by atoms with Gasteiger partial charge < -0.3 is 20.3 Å². The molecule has 0 amide bonds. The van der Waals surface area contributed by atoms with Gasteiger partial charge in [-0.15, -0.1) is 0 Å². The van der Waals surface area contributed by atoms with Crippen molar-refractivity contribution in [3.63, 3.8) is 0 Å². The van der Waals surface area contributed by atoms with Crippen LogP contribution in [0.1, 0.15) is 49.4 Å². The Bertz CT molecular complexity index is 1190. The zero-order valence-corrected chi connectivity index (χ0v) is 19.5. The third-order valence-electron chi connectivity index (χ3n) is 6.20. The molecule has 1 saturated carbocycles. The standard InChI is InChI=1S/C28H30FNO4/c1-18(30)23-7-5-8-24(27(23)29)21-12-19(13-22(14-21)34-17-28(2)10-11-28)16-33-25-9-4-3-6-20(25)15-26(31)32/h3-9,12-14,18H,10-11,15-17,30H2,1-2H3,(H,31,32). The first kappa shape index (κ1) is 23.8. The monoisotopic (exact) mass is 463 g/mol. The van der Waals surface area contributed by atoms with Gasteiger partial charge in [-0.2, -0.15) is 0 Å². The summed E-state index contributed by atoms with van der Waals surface area (Å²) in [4.78, 5) is 11.2. The summed E-state index contributed by atoms with van der Waals surface area (Å²) < 4.78 is 27.4. The predicted octanol–water partition coefficient (Wildman–Crippen LogP) is 5.90. The van der Waals surface area contributed by atoms with Crippen molar-refractivity contribution in [3.8, 4) is 22.6 Å². The minimum atomic E-state index is -0.924. The molecule has 178 valence electrons. The first-order valence-electron chi connectivity index (χ1n) is 11.5. The van der Waals surface area contributed by atoms with Crippen LogP contribution in [0.5, 0.6) is 11.5 Å². The topological polar surface area (TPSA) is 81.8 Å². The van der Waals surface area contributed by atoms with Gasteiger partial charge in [-0.1, -0.05) is 43.3 Å². The van der Waals surface area contributed by atoms with Gasteiger partial charge in [0, 0.05) is 28.1 Å². The van der Waals surface area contributed by atoms with Gasteiger partial charge in [-0.05, 0) is 55.2 Å². The zero-order chi connectivity index (χ0) is 24.3. The molecule has 0 heterocycles. The van der Waals surface area contributed by atoms with Crippen molar-refractivity contribution in [3.05, 3.63) is 83.2 Å². The van der Waals surface area contributed by atoms with Gasteiger partial charge in [0.1, 0.15) is 23.9 Å². The first-order valence-corrected chi connectivity index (χ1v) is 11.5. The largest absolute Gasteiger partial charge is 0.493 e. The van der Waals surface area contributed by atoms with Crippen LogP contribution in [0.15, 0.2) is 60.7 Å². The highest BCUT2D eigenvalue weighted by molar-refractivity contribution is 5.71. The molecule has 3 aromatic rings. The van der Waals surface area contributed by atoms with E-state index in [2.05, 4.69) is 6.92 Å². The van der Waals surface area contributed by atoms with Crippen molar-refractivity contribution in [2.75, 3.05) is 6.61 Å². The second-order valence-electron chi connectivity index (χ2n) is 9.43. The van der Waals surface area contributed by atoms with E-state index in [9.17, 15) is 9.90 Å². The van der Waals surface area contributed by atoms with E-state index in [1.165, 1.54) is 0 Å². The fourth-order valence-electron chi connectivity index (χ4n) is 3.84. The van der Waals surface area contributed by atoms with Crippen molar-refractivity contribution in [1.82, 2.24) is 0 Å². The number of benzene rings is 3. The van der Waals surface area contributed by atoms with Crippen LogP contribution in [-0.4, -0.2) is 17.7 Å². The summed E-state index contributed by atoms with van der Waals surface area (Å²) in [5.74, 6) is -0.115. The van der Waals surface area contributed by atoms with Crippen LogP contribution in [-0.2, 0) is 17.8 Å². The lowest BCUT2D eigenvalue weighted by atomic mass is 9.97. The zero-order valence-electron chi connectivity index (χ0n) is 19.5. The Morgan fingerprint density at radius 1 is 1.12 bits per heavy atom.